The standard InChI is InChI=1S/C19H20N4O3/c1-3-4-9-22-16-8-6-5-7-15(16)21-19(22)20-12-14-10-13(2)11-17(18(14)24)23(25)26/h5-8,10-12,24H,3-4,9H2,1-2H3. The van der Waals surface area contributed by atoms with E-state index in [1.165, 1.54) is 12.3 Å². The van der Waals surface area contributed by atoms with Crippen LogP contribution in [0, 0.1) is 17.0 Å². The molecule has 0 aliphatic rings. The van der Waals surface area contributed by atoms with Gasteiger partial charge < -0.3 is 9.67 Å². The highest BCUT2D eigenvalue weighted by Crippen LogP contribution is 2.30. The van der Waals surface area contributed by atoms with Gasteiger partial charge in [-0.3, -0.25) is 10.1 Å². The van der Waals surface area contributed by atoms with E-state index in [0.29, 0.717) is 17.1 Å². The van der Waals surface area contributed by atoms with Crippen LogP contribution in [0.3, 0.4) is 0 Å². The Morgan fingerprint density at radius 2 is 2.12 bits per heavy atom. The Hall–Kier alpha value is -3.22. The molecule has 0 atom stereocenters. The van der Waals surface area contributed by atoms with E-state index in [1.807, 2.05) is 28.8 Å². The van der Waals surface area contributed by atoms with Crippen molar-refractivity contribution in [2.24, 2.45) is 4.99 Å². The third-order valence-corrected chi connectivity index (χ3v) is 4.15. The maximum absolute atomic E-state index is 11.1. The van der Waals surface area contributed by atoms with E-state index in [4.69, 9.17) is 0 Å². The van der Waals surface area contributed by atoms with Gasteiger partial charge in [-0.15, -0.1) is 0 Å². The van der Waals surface area contributed by atoms with Crippen LogP contribution in [0.2, 0.25) is 0 Å². The first-order valence-electron chi connectivity index (χ1n) is 8.48. The third-order valence-electron chi connectivity index (χ3n) is 4.15. The van der Waals surface area contributed by atoms with Crippen LogP contribution in [-0.2, 0) is 6.54 Å². The SMILES string of the molecule is CCCCn1c(N=Cc2cc(C)cc([N+](=O)[O-])c2O)nc2ccccc21. The molecule has 0 spiro atoms. The van der Waals surface area contributed by atoms with E-state index in [-0.39, 0.29) is 11.4 Å². The molecule has 7 nitrogen and oxygen atoms in total. The summed E-state index contributed by atoms with van der Waals surface area (Å²) in [5, 5.41) is 21.2. The van der Waals surface area contributed by atoms with E-state index in [2.05, 4.69) is 16.9 Å². The Bertz CT molecular complexity index is 992. The van der Waals surface area contributed by atoms with Crippen molar-refractivity contribution in [3.8, 4) is 5.75 Å². The Labute approximate surface area is 150 Å². The van der Waals surface area contributed by atoms with Gasteiger partial charge in [-0.2, -0.15) is 0 Å². The second-order valence-corrected chi connectivity index (χ2v) is 6.14. The number of imidazole rings is 1. The number of unbranched alkanes of at least 4 members (excludes halogenated alkanes) is 1. The van der Waals surface area contributed by atoms with Gasteiger partial charge >= 0.3 is 5.69 Å². The zero-order valence-electron chi connectivity index (χ0n) is 14.7. The summed E-state index contributed by atoms with van der Waals surface area (Å²) < 4.78 is 2.02. The lowest BCUT2D eigenvalue weighted by atomic mass is 10.1. The van der Waals surface area contributed by atoms with Gasteiger partial charge in [0.2, 0.25) is 11.7 Å². The molecule has 7 heteroatoms. The highest BCUT2D eigenvalue weighted by molar-refractivity contribution is 5.88. The summed E-state index contributed by atoms with van der Waals surface area (Å²) >= 11 is 0. The summed E-state index contributed by atoms with van der Waals surface area (Å²) in [7, 11) is 0. The van der Waals surface area contributed by atoms with Crippen molar-refractivity contribution in [2.75, 3.05) is 0 Å². The van der Waals surface area contributed by atoms with Crippen LogP contribution in [0.25, 0.3) is 11.0 Å². The number of nitro benzene ring substituents is 1. The minimum absolute atomic E-state index is 0.297. The Morgan fingerprint density at radius 1 is 1.35 bits per heavy atom. The number of nitro groups is 1. The summed E-state index contributed by atoms with van der Waals surface area (Å²) in [4.78, 5) is 19.4. The van der Waals surface area contributed by atoms with Gasteiger partial charge in [0.1, 0.15) is 0 Å². The summed E-state index contributed by atoms with van der Waals surface area (Å²) in [5.74, 6) is 0.128. The number of hydrogen-bond donors (Lipinski definition) is 1. The molecule has 0 aliphatic carbocycles. The zero-order chi connectivity index (χ0) is 18.7. The average molecular weight is 352 g/mol. The van der Waals surface area contributed by atoms with Crippen LogP contribution in [-0.4, -0.2) is 25.8 Å². The van der Waals surface area contributed by atoms with Gasteiger partial charge in [0, 0.05) is 24.4 Å². The number of aromatic hydroxyl groups is 1. The van der Waals surface area contributed by atoms with E-state index in [1.54, 1.807) is 13.0 Å². The maximum atomic E-state index is 11.1. The maximum Gasteiger partial charge on any atom is 0.311 e. The van der Waals surface area contributed by atoms with Crippen LogP contribution in [0.15, 0.2) is 41.4 Å². The number of phenols is 1. The van der Waals surface area contributed by atoms with E-state index in [9.17, 15) is 15.2 Å². The second-order valence-electron chi connectivity index (χ2n) is 6.14. The van der Waals surface area contributed by atoms with Crippen molar-refractivity contribution in [3.05, 3.63) is 57.6 Å². The first-order chi connectivity index (χ1) is 12.5. The number of benzene rings is 2. The normalized spacial score (nSPS) is 11.5. The summed E-state index contributed by atoms with van der Waals surface area (Å²) in [5.41, 5.74) is 2.48. The van der Waals surface area contributed by atoms with Crippen molar-refractivity contribution in [3.63, 3.8) is 0 Å². The Balaban J connectivity index is 2.05. The molecule has 0 amide bonds. The lowest BCUT2D eigenvalue weighted by Crippen LogP contribution is -1.98. The number of para-hydroxylation sites is 2. The van der Waals surface area contributed by atoms with Crippen molar-refractivity contribution < 1.29 is 10.0 Å². The number of aliphatic imine (C=N–C) groups is 1. The zero-order valence-corrected chi connectivity index (χ0v) is 14.7. The van der Waals surface area contributed by atoms with Gasteiger partial charge in [-0.05, 0) is 37.1 Å². The minimum Gasteiger partial charge on any atom is -0.502 e. The molecule has 134 valence electrons. The summed E-state index contributed by atoms with van der Waals surface area (Å²) in [6.45, 7) is 4.63. The fraction of sp³-hybridized carbons (Fsp3) is 0.263. The molecular weight excluding hydrogens is 332 g/mol. The number of phenolic OH excluding ortho intramolecular Hbond substituents is 1. The number of aromatic nitrogens is 2. The Kier molecular flexibility index (Phi) is 4.97. The molecule has 3 rings (SSSR count). The average Bonchev–Trinajstić information content (AvgIpc) is 2.97. The van der Waals surface area contributed by atoms with Crippen LogP contribution in [0.1, 0.15) is 30.9 Å². The van der Waals surface area contributed by atoms with Crippen LogP contribution in [0.4, 0.5) is 11.6 Å². The van der Waals surface area contributed by atoms with E-state index >= 15 is 0 Å². The van der Waals surface area contributed by atoms with Gasteiger partial charge in [0.25, 0.3) is 0 Å². The molecule has 0 saturated carbocycles. The molecule has 0 aliphatic heterocycles. The van der Waals surface area contributed by atoms with E-state index < -0.39 is 4.92 Å². The monoisotopic (exact) mass is 352 g/mol. The first kappa shape index (κ1) is 17.6. The van der Waals surface area contributed by atoms with Crippen LogP contribution >= 0.6 is 0 Å². The van der Waals surface area contributed by atoms with Gasteiger partial charge in [0.15, 0.2) is 0 Å². The van der Waals surface area contributed by atoms with Crippen LogP contribution in [0.5, 0.6) is 5.75 Å². The molecule has 0 radical (unpaired) electrons. The third kappa shape index (κ3) is 3.42. The lowest BCUT2D eigenvalue weighted by molar-refractivity contribution is -0.385. The smallest absolute Gasteiger partial charge is 0.311 e. The van der Waals surface area contributed by atoms with Crippen molar-refractivity contribution in [2.45, 2.75) is 33.2 Å². The fourth-order valence-electron chi connectivity index (χ4n) is 2.85. The molecule has 2 aromatic carbocycles. The highest BCUT2D eigenvalue weighted by Gasteiger charge is 2.17. The summed E-state index contributed by atoms with van der Waals surface area (Å²) in [6, 6.07) is 10.8. The minimum atomic E-state index is -0.601. The lowest BCUT2D eigenvalue weighted by Gasteiger charge is -2.05. The van der Waals surface area contributed by atoms with Gasteiger partial charge in [0.05, 0.1) is 16.0 Å². The molecule has 0 fully saturated rings. The molecule has 0 saturated heterocycles. The summed E-state index contributed by atoms with van der Waals surface area (Å²) in [6.07, 6.45) is 3.46. The quantitative estimate of drug-likeness (QED) is 0.401. The molecule has 26 heavy (non-hydrogen) atoms. The molecule has 1 N–H and O–H groups in total. The van der Waals surface area contributed by atoms with Crippen LogP contribution < -0.4 is 0 Å². The molecule has 0 unspecified atom stereocenters. The van der Waals surface area contributed by atoms with Gasteiger partial charge in [-0.1, -0.05) is 25.5 Å². The molecule has 1 heterocycles. The molecular formula is C19H20N4O3. The van der Waals surface area contributed by atoms with Crippen molar-refractivity contribution >= 4 is 28.9 Å². The fourth-order valence-corrected chi connectivity index (χ4v) is 2.85. The van der Waals surface area contributed by atoms with E-state index in [0.717, 1.165) is 30.4 Å². The largest absolute Gasteiger partial charge is 0.502 e. The van der Waals surface area contributed by atoms with Gasteiger partial charge in [-0.25, -0.2) is 9.98 Å². The van der Waals surface area contributed by atoms with Crippen molar-refractivity contribution in [1.29, 1.82) is 0 Å². The first-order valence-corrected chi connectivity index (χ1v) is 8.48. The number of fused-ring (bicyclic) bond motifs is 1. The number of aryl methyl sites for hydroxylation is 2. The number of nitrogens with zero attached hydrogens (tertiary/aromatic N) is 4. The number of rotatable bonds is 6. The second kappa shape index (κ2) is 7.35. The predicted molar refractivity (Wildman–Crippen MR) is 101 cm³/mol. The molecule has 1 aromatic heterocycles. The topological polar surface area (TPSA) is 93.5 Å². The highest BCUT2D eigenvalue weighted by atomic mass is 16.6. The molecule has 3 aromatic rings. The number of hydrogen-bond acceptors (Lipinski definition) is 5. The Morgan fingerprint density at radius 3 is 2.85 bits per heavy atom. The molecule has 0 bridgehead atoms. The van der Waals surface area contributed by atoms with Crippen molar-refractivity contribution in [1.82, 2.24) is 9.55 Å². The predicted octanol–water partition coefficient (Wildman–Crippen LogP) is 4.51.